The highest BCUT2D eigenvalue weighted by Gasteiger charge is 2.47. The Labute approximate surface area is 287 Å². The van der Waals surface area contributed by atoms with Crippen molar-refractivity contribution >= 4 is 6.09 Å². The predicted molar refractivity (Wildman–Crippen MR) is 187 cm³/mol. The summed E-state index contributed by atoms with van der Waals surface area (Å²) in [6.45, 7) is 1.23. The number of benzene rings is 5. The van der Waals surface area contributed by atoms with Crippen LogP contribution in [0.2, 0.25) is 0 Å². The lowest BCUT2D eigenvalue weighted by Crippen LogP contribution is -2.63. The molecule has 0 aromatic heterocycles. The number of ether oxygens (including phenoxy) is 4. The number of fused-ring (bicyclic) bond motifs is 3. The molecule has 5 aromatic carbocycles. The van der Waals surface area contributed by atoms with Gasteiger partial charge < -0.3 is 24.1 Å². The molecule has 7 rings (SSSR count). The second-order valence-electron chi connectivity index (χ2n) is 12.6. The molecule has 5 aromatic rings. The van der Waals surface area contributed by atoms with E-state index in [0.29, 0.717) is 19.8 Å². The summed E-state index contributed by atoms with van der Waals surface area (Å²) in [6.07, 6.45) is -2.74. The van der Waals surface area contributed by atoms with Gasteiger partial charge >= 0.3 is 6.09 Å². The Morgan fingerprint density at radius 3 is 1.67 bits per heavy atom. The van der Waals surface area contributed by atoms with Gasteiger partial charge in [0, 0.05) is 12.3 Å². The summed E-state index contributed by atoms with van der Waals surface area (Å²) in [5, 5.41) is 11.6. The first-order valence-corrected chi connectivity index (χ1v) is 16.9. The molecule has 250 valence electrons. The van der Waals surface area contributed by atoms with Crippen LogP contribution in [-0.4, -0.2) is 53.8 Å². The van der Waals surface area contributed by atoms with Gasteiger partial charge in [-0.1, -0.05) is 140 Å². The van der Waals surface area contributed by atoms with Gasteiger partial charge in [0.15, 0.2) is 0 Å². The third-order valence-electron chi connectivity index (χ3n) is 9.41. The second kappa shape index (κ2) is 15.6. The predicted octanol–water partition coefficient (Wildman–Crippen LogP) is 7.72. The highest BCUT2D eigenvalue weighted by molar-refractivity contribution is 5.79. The van der Waals surface area contributed by atoms with E-state index in [2.05, 4.69) is 24.3 Å². The Morgan fingerprint density at radius 1 is 0.612 bits per heavy atom. The van der Waals surface area contributed by atoms with Crippen molar-refractivity contribution in [1.29, 1.82) is 0 Å². The molecule has 1 fully saturated rings. The number of nitrogens with zero attached hydrogens (tertiary/aromatic N) is 1. The summed E-state index contributed by atoms with van der Waals surface area (Å²) in [6, 6.07) is 45.5. The average molecular weight is 656 g/mol. The second-order valence-corrected chi connectivity index (χ2v) is 12.6. The quantitative estimate of drug-likeness (QED) is 0.148. The molecule has 0 spiro atoms. The zero-order valence-corrected chi connectivity index (χ0v) is 27.3. The molecular weight excluding hydrogens is 614 g/mol. The minimum Gasteiger partial charge on any atom is -0.448 e. The van der Waals surface area contributed by atoms with E-state index in [4.69, 9.17) is 18.9 Å². The SMILES string of the molecule is O=C(OCC1c2ccccc2-c2ccccc21)N1C(O)C[C@@H](OCc2ccccc2)[C@H](OCc2ccccc2)[C@H]1COCc1ccccc1. The molecule has 1 aliphatic carbocycles. The van der Waals surface area contributed by atoms with E-state index in [1.807, 2.05) is 115 Å². The van der Waals surface area contributed by atoms with Gasteiger partial charge in [-0.25, -0.2) is 4.79 Å². The van der Waals surface area contributed by atoms with Crippen molar-refractivity contribution in [2.24, 2.45) is 0 Å². The van der Waals surface area contributed by atoms with Gasteiger partial charge in [0.05, 0.1) is 38.6 Å². The Morgan fingerprint density at radius 2 is 1.10 bits per heavy atom. The molecule has 2 aliphatic rings. The number of carbonyl (C=O) groups is 1. The van der Waals surface area contributed by atoms with Gasteiger partial charge in [0.1, 0.15) is 18.9 Å². The third kappa shape index (κ3) is 7.61. The maximum Gasteiger partial charge on any atom is 0.412 e. The van der Waals surface area contributed by atoms with Crippen molar-refractivity contribution in [2.45, 2.75) is 56.6 Å². The standard InChI is InChI=1S/C42H41NO6/c44-40-24-39(47-26-31-16-6-2-7-17-31)41(48-27-32-18-8-3-9-19-32)38(29-46-25-30-14-4-1-5-15-30)43(40)42(45)49-28-37-35-22-12-10-20-33(35)34-21-11-13-23-36(34)37/h1-23,37-41,44H,24-29H2/t38-,39-,40?,41-/m1/s1. The highest BCUT2D eigenvalue weighted by Crippen LogP contribution is 2.44. The molecule has 1 saturated heterocycles. The lowest BCUT2D eigenvalue weighted by atomic mass is 9.94. The smallest absolute Gasteiger partial charge is 0.412 e. The number of aliphatic hydroxyl groups excluding tert-OH is 1. The molecule has 1 heterocycles. The highest BCUT2D eigenvalue weighted by atomic mass is 16.6. The fraction of sp³-hybridized carbons (Fsp3) is 0.262. The van der Waals surface area contributed by atoms with Crippen LogP contribution in [0.5, 0.6) is 0 Å². The molecule has 0 radical (unpaired) electrons. The van der Waals surface area contributed by atoms with E-state index in [-0.39, 0.29) is 25.6 Å². The van der Waals surface area contributed by atoms with Gasteiger partial charge in [-0.05, 0) is 38.9 Å². The lowest BCUT2D eigenvalue weighted by molar-refractivity contribution is -0.195. The van der Waals surface area contributed by atoms with Gasteiger partial charge in [-0.3, -0.25) is 4.90 Å². The first-order valence-electron chi connectivity index (χ1n) is 16.9. The van der Waals surface area contributed by atoms with Crippen LogP contribution in [-0.2, 0) is 38.8 Å². The van der Waals surface area contributed by atoms with Crippen LogP contribution in [0.1, 0.15) is 40.2 Å². The van der Waals surface area contributed by atoms with Crippen LogP contribution >= 0.6 is 0 Å². The van der Waals surface area contributed by atoms with E-state index < -0.39 is 30.6 Å². The fourth-order valence-electron chi connectivity index (χ4n) is 6.98. The molecule has 4 atom stereocenters. The summed E-state index contributed by atoms with van der Waals surface area (Å²) in [7, 11) is 0. The molecule has 1 unspecified atom stereocenters. The van der Waals surface area contributed by atoms with Crippen LogP contribution in [0.25, 0.3) is 11.1 Å². The number of likely N-dealkylation sites (tertiary alicyclic amines) is 1. The maximum atomic E-state index is 14.1. The Bertz CT molecular complexity index is 1760. The molecular formula is C42H41NO6. The third-order valence-corrected chi connectivity index (χ3v) is 9.41. The van der Waals surface area contributed by atoms with E-state index >= 15 is 0 Å². The maximum absolute atomic E-state index is 14.1. The molecule has 1 aliphatic heterocycles. The summed E-state index contributed by atoms with van der Waals surface area (Å²) in [5.74, 6) is -0.113. The van der Waals surface area contributed by atoms with Crippen molar-refractivity contribution in [1.82, 2.24) is 4.90 Å². The van der Waals surface area contributed by atoms with Crippen LogP contribution in [0.4, 0.5) is 4.79 Å². The number of piperidine rings is 1. The van der Waals surface area contributed by atoms with Crippen LogP contribution in [0.15, 0.2) is 140 Å². The average Bonchev–Trinajstić information content (AvgIpc) is 3.47. The minimum absolute atomic E-state index is 0.112. The zero-order valence-electron chi connectivity index (χ0n) is 27.3. The minimum atomic E-state index is -1.17. The molecule has 1 N–H and O–H groups in total. The van der Waals surface area contributed by atoms with E-state index in [9.17, 15) is 9.90 Å². The Hall–Kier alpha value is -4.79. The Kier molecular flexibility index (Phi) is 10.4. The number of amides is 1. The molecule has 1 amide bonds. The number of rotatable bonds is 12. The number of hydrogen-bond acceptors (Lipinski definition) is 6. The topological polar surface area (TPSA) is 77.5 Å². The summed E-state index contributed by atoms with van der Waals surface area (Å²) in [5.41, 5.74) is 7.55. The largest absolute Gasteiger partial charge is 0.448 e. The molecule has 0 saturated carbocycles. The zero-order chi connectivity index (χ0) is 33.4. The van der Waals surface area contributed by atoms with Gasteiger partial charge in [0.2, 0.25) is 0 Å². The van der Waals surface area contributed by atoms with Crippen molar-refractivity contribution in [3.8, 4) is 11.1 Å². The van der Waals surface area contributed by atoms with Crippen molar-refractivity contribution in [3.05, 3.63) is 167 Å². The first kappa shape index (κ1) is 32.7. The molecule has 7 heteroatoms. The normalized spacial score (nSPS) is 20.1. The van der Waals surface area contributed by atoms with Gasteiger partial charge in [-0.2, -0.15) is 0 Å². The summed E-state index contributed by atoms with van der Waals surface area (Å²) in [4.78, 5) is 15.5. The molecule has 0 bridgehead atoms. The number of hydrogen-bond donors (Lipinski definition) is 1. The van der Waals surface area contributed by atoms with Crippen LogP contribution in [0, 0.1) is 0 Å². The van der Waals surface area contributed by atoms with E-state index in [1.165, 1.54) is 4.90 Å². The molecule has 7 nitrogen and oxygen atoms in total. The van der Waals surface area contributed by atoms with E-state index in [0.717, 1.165) is 38.9 Å². The summed E-state index contributed by atoms with van der Waals surface area (Å²) >= 11 is 0. The molecule has 49 heavy (non-hydrogen) atoms. The van der Waals surface area contributed by atoms with Crippen molar-refractivity contribution < 1.29 is 28.8 Å². The summed E-state index contributed by atoms with van der Waals surface area (Å²) < 4.78 is 25.4. The number of carbonyl (C=O) groups excluding carboxylic acids is 1. The number of aliphatic hydroxyl groups is 1. The van der Waals surface area contributed by atoms with E-state index in [1.54, 1.807) is 0 Å². The van der Waals surface area contributed by atoms with Crippen LogP contribution < -0.4 is 0 Å². The Balaban J connectivity index is 1.14. The van der Waals surface area contributed by atoms with Crippen LogP contribution in [0.3, 0.4) is 0 Å². The van der Waals surface area contributed by atoms with Crippen molar-refractivity contribution in [3.63, 3.8) is 0 Å². The first-order chi connectivity index (χ1) is 24.2. The lowest BCUT2D eigenvalue weighted by Gasteiger charge is -2.46. The monoisotopic (exact) mass is 655 g/mol. The van der Waals surface area contributed by atoms with Gasteiger partial charge in [0.25, 0.3) is 0 Å². The fourth-order valence-corrected chi connectivity index (χ4v) is 6.98. The van der Waals surface area contributed by atoms with Crippen molar-refractivity contribution in [2.75, 3.05) is 13.2 Å². The van der Waals surface area contributed by atoms with Gasteiger partial charge in [-0.15, -0.1) is 0 Å².